The van der Waals surface area contributed by atoms with Gasteiger partial charge in [-0.2, -0.15) is 0 Å². The number of fused-ring (bicyclic) bond motifs is 1. The number of hydrogen-bond acceptors (Lipinski definition) is 4. The van der Waals surface area contributed by atoms with Crippen LogP contribution >= 0.6 is 11.6 Å². The molecule has 0 aliphatic heterocycles. The minimum atomic E-state index is -0.538. The number of rotatable bonds is 6. The van der Waals surface area contributed by atoms with E-state index in [2.05, 4.69) is 10.3 Å². The summed E-state index contributed by atoms with van der Waals surface area (Å²) in [6, 6.07) is 10.1. The third kappa shape index (κ3) is 4.15. The van der Waals surface area contributed by atoms with E-state index in [1.165, 1.54) is 30.3 Å². The van der Waals surface area contributed by atoms with Crippen LogP contribution in [0.2, 0.25) is 5.02 Å². The van der Waals surface area contributed by atoms with Gasteiger partial charge in [-0.25, -0.2) is 4.39 Å². The number of aromatic nitrogens is 1. The maximum absolute atomic E-state index is 13.5. The summed E-state index contributed by atoms with van der Waals surface area (Å²) in [7, 11) is 0. The highest BCUT2D eigenvalue weighted by atomic mass is 35.5. The minimum absolute atomic E-state index is 0.132. The number of H-pyrrole nitrogens is 1. The van der Waals surface area contributed by atoms with Gasteiger partial charge in [-0.15, -0.1) is 0 Å². The predicted octanol–water partition coefficient (Wildman–Crippen LogP) is 5.41. The van der Waals surface area contributed by atoms with Gasteiger partial charge in [0, 0.05) is 41.3 Å². The van der Waals surface area contributed by atoms with Crippen LogP contribution in [0.1, 0.15) is 21.7 Å². The smallest absolute Gasteiger partial charge is 0.270 e. The lowest BCUT2D eigenvalue weighted by atomic mass is 10.1. The zero-order valence-electron chi connectivity index (χ0n) is 16.4. The van der Waals surface area contributed by atoms with Gasteiger partial charge in [0.25, 0.3) is 11.6 Å². The maximum atomic E-state index is 13.5. The molecule has 7 nitrogen and oxygen atoms in total. The van der Waals surface area contributed by atoms with Crippen LogP contribution in [0.4, 0.5) is 10.1 Å². The number of halogens is 2. The number of aryl methyl sites for hydroxylation is 1. The van der Waals surface area contributed by atoms with Crippen molar-refractivity contribution in [3.63, 3.8) is 0 Å². The Morgan fingerprint density at radius 1 is 1.26 bits per heavy atom. The molecule has 2 aromatic heterocycles. The average molecular weight is 442 g/mol. The standard InChI is InChI=1S/C22H17ClFN3O4/c1-12-17(10-21(31-12)16-4-3-15(27(29)30)9-19(16)23)22(28)25-7-6-13-11-26-20-5-2-14(24)8-18(13)20/h2-5,8-11,26H,6-7H2,1H3,(H,25,28). The number of nitro benzene ring substituents is 1. The van der Waals surface area contributed by atoms with Crippen LogP contribution in [0.3, 0.4) is 0 Å². The second kappa shape index (κ2) is 8.23. The van der Waals surface area contributed by atoms with Crippen molar-refractivity contribution in [2.24, 2.45) is 0 Å². The SMILES string of the molecule is Cc1oc(-c2ccc([N+](=O)[O-])cc2Cl)cc1C(=O)NCCc1c[nH]c2ccc(F)cc12. The van der Waals surface area contributed by atoms with Crippen molar-refractivity contribution in [2.75, 3.05) is 6.54 Å². The highest BCUT2D eigenvalue weighted by Gasteiger charge is 2.19. The summed E-state index contributed by atoms with van der Waals surface area (Å²) in [4.78, 5) is 26.0. The number of nitrogens with zero attached hydrogens (tertiary/aromatic N) is 1. The van der Waals surface area contributed by atoms with E-state index in [0.717, 1.165) is 16.5 Å². The van der Waals surface area contributed by atoms with E-state index in [0.29, 0.717) is 35.6 Å². The molecule has 4 rings (SSSR count). The van der Waals surface area contributed by atoms with Crippen LogP contribution in [0.15, 0.2) is 53.1 Å². The lowest BCUT2D eigenvalue weighted by Gasteiger charge is -2.04. The van der Waals surface area contributed by atoms with Crippen molar-refractivity contribution in [3.05, 3.63) is 86.5 Å². The Hall–Kier alpha value is -3.65. The fourth-order valence-electron chi connectivity index (χ4n) is 3.42. The topological polar surface area (TPSA) is 101 Å². The Balaban J connectivity index is 1.46. The fourth-order valence-corrected chi connectivity index (χ4v) is 3.69. The predicted molar refractivity (Wildman–Crippen MR) is 115 cm³/mol. The molecule has 2 N–H and O–H groups in total. The van der Waals surface area contributed by atoms with Crippen molar-refractivity contribution in [3.8, 4) is 11.3 Å². The molecule has 0 unspecified atom stereocenters. The van der Waals surface area contributed by atoms with Gasteiger partial charge in [-0.3, -0.25) is 14.9 Å². The van der Waals surface area contributed by atoms with Crippen LogP contribution in [0, 0.1) is 22.9 Å². The molecule has 0 aliphatic rings. The van der Waals surface area contributed by atoms with Gasteiger partial charge in [0.05, 0.1) is 15.5 Å². The molecule has 158 valence electrons. The molecule has 0 atom stereocenters. The van der Waals surface area contributed by atoms with Gasteiger partial charge in [0.2, 0.25) is 0 Å². The monoisotopic (exact) mass is 441 g/mol. The molecule has 0 radical (unpaired) electrons. The number of carbonyl (C=O) groups is 1. The molecule has 2 heterocycles. The maximum Gasteiger partial charge on any atom is 0.270 e. The van der Waals surface area contributed by atoms with E-state index in [-0.39, 0.29) is 22.4 Å². The van der Waals surface area contributed by atoms with Crippen molar-refractivity contribution in [1.82, 2.24) is 10.3 Å². The molecule has 0 spiro atoms. The molecule has 9 heteroatoms. The first-order valence-corrected chi connectivity index (χ1v) is 9.79. The summed E-state index contributed by atoms with van der Waals surface area (Å²) < 4.78 is 19.2. The van der Waals surface area contributed by atoms with Crippen LogP contribution in [-0.2, 0) is 6.42 Å². The minimum Gasteiger partial charge on any atom is -0.460 e. The third-order valence-corrected chi connectivity index (χ3v) is 5.31. The summed E-state index contributed by atoms with van der Waals surface area (Å²) in [5.74, 6) is 0.103. The molecule has 4 aromatic rings. The normalized spacial score (nSPS) is 11.1. The Kier molecular flexibility index (Phi) is 5.48. The zero-order chi connectivity index (χ0) is 22.1. The number of amides is 1. The van der Waals surface area contributed by atoms with E-state index in [4.69, 9.17) is 16.0 Å². The number of carbonyl (C=O) groups excluding carboxylic acids is 1. The summed E-state index contributed by atoms with van der Waals surface area (Å²) in [6.45, 7) is 2.00. The summed E-state index contributed by atoms with van der Waals surface area (Å²) >= 11 is 6.15. The van der Waals surface area contributed by atoms with Crippen LogP contribution < -0.4 is 5.32 Å². The van der Waals surface area contributed by atoms with Crippen molar-refractivity contribution in [2.45, 2.75) is 13.3 Å². The molecule has 0 bridgehead atoms. The van der Waals surface area contributed by atoms with E-state index < -0.39 is 4.92 Å². The van der Waals surface area contributed by atoms with Gasteiger partial charge < -0.3 is 14.7 Å². The second-order valence-corrected chi connectivity index (χ2v) is 7.42. The molecule has 0 aliphatic carbocycles. The van der Waals surface area contributed by atoms with Crippen LogP contribution in [-0.4, -0.2) is 22.4 Å². The summed E-state index contributed by atoms with van der Waals surface area (Å²) in [6.07, 6.45) is 2.32. The summed E-state index contributed by atoms with van der Waals surface area (Å²) in [5.41, 5.74) is 2.40. The number of nitrogens with one attached hydrogen (secondary N) is 2. The number of aromatic amines is 1. The molecule has 31 heavy (non-hydrogen) atoms. The van der Waals surface area contributed by atoms with Crippen LogP contribution in [0.25, 0.3) is 22.2 Å². The lowest BCUT2D eigenvalue weighted by Crippen LogP contribution is -2.25. The third-order valence-electron chi connectivity index (χ3n) is 5.00. The van der Waals surface area contributed by atoms with Crippen LogP contribution in [0.5, 0.6) is 0 Å². The number of non-ortho nitro benzene ring substituents is 1. The first-order valence-electron chi connectivity index (χ1n) is 9.42. The summed E-state index contributed by atoms with van der Waals surface area (Å²) in [5, 5.41) is 14.6. The van der Waals surface area contributed by atoms with Crippen molar-refractivity contribution < 1.29 is 18.5 Å². The average Bonchev–Trinajstić information content (AvgIpc) is 3.31. The highest BCUT2D eigenvalue weighted by Crippen LogP contribution is 2.33. The van der Waals surface area contributed by atoms with Gasteiger partial charge in [0.1, 0.15) is 17.3 Å². The van der Waals surface area contributed by atoms with Crippen molar-refractivity contribution >= 4 is 34.1 Å². The number of benzene rings is 2. The number of hydrogen-bond donors (Lipinski definition) is 2. The van der Waals surface area contributed by atoms with E-state index >= 15 is 0 Å². The molecule has 0 saturated heterocycles. The molecular weight excluding hydrogens is 425 g/mol. The van der Waals surface area contributed by atoms with E-state index in [1.54, 1.807) is 25.3 Å². The number of nitro groups is 1. The molecular formula is C22H17ClFN3O4. The molecule has 1 amide bonds. The van der Waals surface area contributed by atoms with Gasteiger partial charge >= 0.3 is 0 Å². The van der Waals surface area contributed by atoms with E-state index in [1.807, 2.05) is 0 Å². The van der Waals surface area contributed by atoms with Gasteiger partial charge in [-0.1, -0.05) is 11.6 Å². The molecule has 0 saturated carbocycles. The fraction of sp³-hybridized carbons (Fsp3) is 0.136. The molecule has 2 aromatic carbocycles. The first-order chi connectivity index (χ1) is 14.8. The Bertz CT molecular complexity index is 1310. The molecule has 0 fully saturated rings. The number of furan rings is 1. The zero-order valence-corrected chi connectivity index (χ0v) is 17.1. The highest BCUT2D eigenvalue weighted by molar-refractivity contribution is 6.33. The quantitative estimate of drug-likeness (QED) is 0.308. The van der Waals surface area contributed by atoms with Gasteiger partial charge in [-0.05, 0) is 49.2 Å². The Morgan fingerprint density at radius 3 is 2.81 bits per heavy atom. The first kappa shape index (κ1) is 20.6. The largest absolute Gasteiger partial charge is 0.460 e. The van der Waals surface area contributed by atoms with Gasteiger partial charge in [0.15, 0.2) is 0 Å². The lowest BCUT2D eigenvalue weighted by molar-refractivity contribution is -0.384. The van der Waals surface area contributed by atoms with E-state index in [9.17, 15) is 19.3 Å². The van der Waals surface area contributed by atoms with Crippen molar-refractivity contribution in [1.29, 1.82) is 0 Å². The Labute approximate surface area is 181 Å². The second-order valence-electron chi connectivity index (χ2n) is 7.01. The Morgan fingerprint density at radius 2 is 2.06 bits per heavy atom.